The first-order valence-corrected chi connectivity index (χ1v) is 9.06. The highest BCUT2D eigenvalue weighted by Gasteiger charge is 2.35. The number of nitrogens with zero attached hydrogens (tertiary/aromatic N) is 2. The Hall–Kier alpha value is -2.53. The Labute approximate surface area is 156 Å². The monoisotopic (exact) mass is 391 g/mol. The second kappa shape index (κ2) is 6.89. The van der Waals surface area contributed by atoms with Crippen molar-refractivity contribution in [3.05, 3.63) is 45.2 Å². The summed E-state index contributed by atoms with van der Waals surface area (Å²) in [5, 5.41) is 19.6. The van der Waals surface area contributed by atoms with Crippen LogP contribution in [0.15, 0.2) is 34.0 Å². The minimum atomic E-state index is -0.891. The van der Waals surface area contributed by atoms with Gasteiger partial charge in [0.15, 0.2) is 0 Å². The number of aliphatic hydroxyl groups is 2. The summed E-state index contributed by atoms with van der Waals surface area (Å²) < 4.78 is 12.8. The fourth-order valence-electron chi connectivity index (χ4n) is 3.05. The summed E-state index contributed by atoms with van der Waals surface area (Å²) in [5.41, 5.74) is -0.275. The number of benzene rings is 1. The number of methoxy groups -OCH3 is 1. The highest BCUT2D eigenvalue weighted by atomic mass is 32.1. The minimum Gasteiger partial charge on any atom is -0.497 e. The molecule has 9 nitrogen and oxygen atoms in total. The van der Waals surface area contributed by atoms with E-state index in [1.807, 2.05) is 6.07 Å². The maximum atomic E-state index is 12.3. The number of rotatable bonds is 4. The van der Waals surface area contributed by atoms with Crippen molar-refractivity contribution in [2.45, 2.75) is 24.9 Å². The van der Waals surface area contributed by atoms with E-state index in [-0.39, 0.29) is 18.6 Å². The van der Waals surface area contributed by atoms with E-state index in [0.29, 0.717) is 16.3 Å². The molecule has 27 heavy (non-hydrogen) atoms. The van der Waals surface area contributed by atoms with Crippen LogP contribution < -0.4 is 16.0 Å². The lowest BCUT2D eigenvalue weighted by Crippen LogP contribution is -2.33. The quantitative estimate of drug-likeness (QED) is 0.590. The molecule has 0 spiro atoms. The number of hydrogen-bond acceptors (Lipinski definition) is 8. The third-order valence-corrected chi connectivity index (χ3v) is 5.54. The number of nitrogens with one attached hydrogen (secondary N) is 1. The molecule has 0 aliphatic carbocycles. The number of thiazole rings is 1. The van der Waals surface area contributed by atoms with Gasteiger partial charge in [0.2, 0.25) is 0 Å². The standard InChI is InChI=1S/C17H17N3O6S/c1-25-8-2-3-10-13(4-8)27-16(18-10)9-6-20(17(24)19-15(9)23)14-5-11(22)12(7-21)26-14/h2-4,6,11-12,14,21-22H,5,7H2,1H3,(H,19,23,24)/t11-,12+,14+/m0/s1. The van der Waals surface area contributed by atoms with Gasteiger partial charge in [0, 0.05) is 12.6 Å². The lowest BCUT2D eigenvalue weighted by Gasteiger charge is -2.14. The van der Waals surface area contributed by atoms with Gasteiger partial charge in [-0.1, -0.05) is 0 Å². The average molecular weight is 391 g/mol. The van der Waals surface area contributed by atoms with Gasteiger partial charge in [-0.25, -0.2) is 9.78 Å². The van der Waals surface area contributed by atoms with E-state index < -0.39 is 29.7 Å². The first-order valence-electron chi connectivity index (χ1n) is 8.25. The predicted molar refractivity (Wildman–Crippen MR) is 98.1 cm³/mol. The maximum Gasteiger partial charge on any atom is 0.330 e. The third kappa shape index (κ3) is 3.16. The number of aromatic nitrogens is 3. The van der Waals surface area contributed by atoms with Crippen LogP contribution in [0.3, 0.4) is 0 Å². The van der Waals surface area contributed by atoms with Crippen molar-refractivity contribution in [2.24, 2.45) is 0 Å². The second-order valence-electron chi connectivity index (χ2n) is 6.18. The van der Waals surface area contributed by atoms with E-state index in [1.54, 1.807) is 19.2 Å². The van der Waals surface area contributed by atoms with Crippen LogP contribution in [0.25, 0.3) is 20.8 Å². The Kier molecular flexibility index (Phi) is 4.56. The zero-order valence-electron chi connectivity index (χ0n) is 14.3. The molecule has 0 unspecified atom stereocenters. The van der Waals surface area contributed by atoms with Crippen molar-refractivity contribution in [2.75, 3.05) is 13.7 Å². The van der Waals surface area contributed by atoms with Crippen LogP contribution in [0.1, 0.15) is 12.6 Å². The zero-order chi connectivity index (χ0) is 19.1. The summed E-state index contributed by atoms with van der Waals surface area (Å²) in [6, 6.07) is 5.39. The van der Waals surface area contributed by atoms with E-state index >= 15 is 0 Å². The van der Waals surface area contributed by atoms with Gasteiger partial charge in [-0.05, 0) is 18.2 Å². The zero-order valence-corrected chi connectivity index (χ0v) is 15.1. The third-order valence-electron chi connectivity index (χ3n) is 4.49. The molecule has 1 aromatic carbocycles. The Balaban J connectivity index is 1.78. The molecule has 0 saturated carbocycles. The SMILES string of the molecule is COc1ccc2nc(-c3cn([C@H]4C[C@H](O)[C@@H](CO)O4)c(=O)[nH]c3=O)sc2c1. The molecule has 0 bridgehead atoms. The van der Waals surface area contributed by atoms with Crippen LogP contribution in [-0.2, 0) is 4.74 Å². The number of H-pyrrole nitrogens is 1. The van der Waals surface area contributed by atoms with Crippen molar-refractivity contribution in [3.8, 4) is 16.3 Å². The molecule has 3 heterocycles. The van der Waals surface area contributed by atoms with Crippen molar-refractivity contribution in [1.82, 2.24) is 14.5 Å². The summed E-state index contributed by atoms with van der Waals surface area (Å²) >= 11 is 1.30. The first kappa shape index (κ1) is 17.9. The lowest BCUT2D eigenvalue weighted by molar-refractivity contribution is -0.0458. The van der Waals surface area contributed by atoms with Gasteiger partial charge in [0.25, 0.3) is 5.56 Å². The fraction of sp³-hybridized carbons (Fsp3) is 0.353. The van der Waals surface area contributed by atoms with Crippen LogP contribution in [0.2, 0.25) is 0 Å². The van der Waals surface area contributed by atoms with Crippen molar-refractivity contribution < 1.29 is 19.7 Å². The second-order valence-corrected chi connectivity index (χ2v) is 7.21. The molecule has 4 rings (SSSR count). The molecule has 3 atom stereocenters. The molecule has 1 aliphatic rings. The smallest absolute Gasteiger partial charge is 0.330 e. The Bertz CT molecular complexity index is 1100. The molecule has 2 aromatic heterocycles. The van der Waals surface area contributed by atoms with E-state index in [2.05, 4.69) is 9.97 Å². The van der Waals surface area contributed by atoms with Gasteiger partial charge in [-0.2, -0.15) is 0 Å². The summed E-state index contributed by atoms with van der Waals surface area (Å²) in [5.74, 6) is 0.681. The molecule has 3 aromatic rings. The average Bonchev–Trinajstić information content (AvgIpc) is 3.24. The van der Waals surface area contributed by atoms with Gasteiger partial charge in [0.1, 0.15) is 23.1 Å². The Morgan fingerprint density at radius 3 is 2.96 bits per heavy atom. The number of aliphatic hydroxyl groups excluding tert-OH is 2. The van der Waals surface area contributed by atoms with Crippen molar-refractivity contribution in [3.63, 3.8) is 0 Å². The van der Waals surface area contributed by atoms with Crippen molar-refractivity contribution in [1.29, 1.82) is 0 Å². The van der Waals surface area contributed by atoms with Gasteiger partial charge in [0.05, 0.1) is 35.6 Å². The molecule has 1 fully saturated rings. The Morgan fingerprint density at radius 2 is 2.26 bits per heavy atom. The maximum absolute atomic E-state index is 12.3. The normalized spacial score (nSPS) is 22.4. The Morgan fingerprint density at radius 1 is 1.44 bits per heavy atom. The number of fused-ring (bicyclic) bond motifs is 1. The van der Waals surface area contributed by atoms with Crippen LogP contribution in [-0.4, -0.2) is 50.7 Å². The number of hydrogen-bond donors (Lipinski definition) is 3. The first-order chi connectivity index (χ1) is 13.0. The summed E-state index contributed by atoms with van der Waals surface area (Å²) in [6.07, 6.45) is -0.930. The van der Waals surface area contributed by atoms with Crippen LogP contribution in [0.4, 0.5) is 0 Å². The highest BCUT2D eigenvalue weighted by Crippen LogP contribution is 2.32. The van der Waals surface area contributed by atoms with Gasteiger partial charge < -0.3 is 19.7 Å². The molecular formula is C17H17N3O6S. The minimum absolute atomic E-state index is 0.133. The largest absolute Gasteiger partial charge is 0.497 e. The molecular weight excluding hydrogens is 374 g/mol. The molecule has 0 amide bonds. The van der Waals surface area contributed by atoms with Crippen molar-refractivity contribution >= 4 is 21.6 Å². The van der Waals surface area contributed by atoms with Crippen LogP contribution in [0.5, 0.6) is 5.75 Å². The molecule has 142 valence electrons. The summed E-state index contributed by atoms with van der Waals surface area (Å²) in [6.45, 7) is -0.359. The predicted octanol–water partition coefficient (Wildman–Crippen LogP) is 0.463. The molecule has 3 N–H and O–H groups in total. The number of aromatic amines is 1. The van der Waals surface area contributed by atoms with Gasteiger partial charge in [-0.15, -0.1) is 11.3 Å². The fourth-order valence-corrected chi connectivity index (χ4v) is 4.05. The highest BCUT2D eigenvalue weighted by molar-refractivity contribution is 7.21. The molecule has 1 aliphatic heterocycles. The molecule has 10 heteroatoms. The van der Waals surface area contributed by atoms with E-state index in [0.717, 1.165) is 4.70 Å². The van der Waals surface area contributed by atoms with Gasteiger partial charge in [-0.3, -0.25) is 14.3 Å². The lowest BCUT2D eigenvalue weighted by atomic mass is 10.2. The van der Waals surface area contributed by atoms with E-state index in [1.165, 1.54) is 22.1 Å². The van der Waals surface area contributed by atoms with E-state index in [4.69, 9.17) is 9.47 Å². The van der Waals surface area contributed by atoms with Crippen LogP contribution >= 0.6 is 11.3 Å². The van der Waals surface area contributed by atoms with Gasteiger partial charge >= 0.3 is 5.69 Å². The summed E-state index contributed by atoms with van der Waals surface area (Å²) in [4.78, 5) is 31.3. The topological polar surface area (TPSA) is 127 Å². The molecule has 1 saturated heterocycles. The van der Waals surface area contributed by atoms with Crippen LogP contribution in [0, 0.1) is 0 Å². The van der Waals surface area contributed by atoms with E-state index in [9.17, 15) is 19.8 Å². The number of ether oxygens (including phenoxy) is 2. The molecule has 0 radical (unpaired) electrons. The summed E-state index contributed by atoms with van der Waals surface area (Å²) in [7, 11) is 1.57.